The SMILES string of the molecule is Cc1ccc(C(=O)Cl)cc1Nc1nccc(-c2cccnc2)n1.Cl.Cl. The highest BCUT2D eigenvalue weighted by molar-refractivity contribution is 6.67. The largest absolute Gasteiger partial charge is 0.324 e. The van der Waals surface area contributed by atoms with Gasteiger partial charge in [0, 0.05) is 35.4 Å². The number of anilines is 2. The lowest BCUT2D eigenvalue weighted by molar-refractivity contribution is 0.108. The number of rotatable bonds is 4. The van der Waals surface area contributed by atoms with Gasteiger partial charge in [-0.25, -0.2) is 9.97 Å². The first-order chi connectivity index (χ1) is 11.1. The minimum Gasteiger partial charge on any atom is -0.324 e. The van der Waals surface area contributed by atoms with Gasteiger partial charge in [-0.05, 0) is 54.4 Å². The maximum atomic E-state index is 11.3. The van der Waals surface area contributed by atoms with Crippen LogP contribution in [0.4, 0.5) is 11.6 Å². The standard InChI is InChI=1S/C17H13ClN4O.2ClH/c1-11-4-5-12(16(18)23)9-15(11)22-17-20-8-6-14(21-17)13-3-2-7-19-10-13;;/h2-10H,1H3,(H,20,21,22);2*1H. The molecule has 0 saturated carbocycles. The smallest absolute Gasteiger partial charge is 0.252 e. The molecule has 0 saturated heterocycles. The summed E-state index contributed by atoms with van der Waals surface area (Å²) in [5, 5.41) is 2.62. The van der Waals surface area contributed by atoms with Crippen LogP contribution < -0.4 is 5.32 Å². The number of benzene rings is 1. The highest BCUT2D eigenvalue weighted by atomic mass is 35.5. The molecule has 0 radical (unpaired) electrons. The Balaban J connectivity index is 0.00000156. The zero-order valence-corrected chi connectivity index (χ0v) is 15.5. The quantitative estimate of drug-likeness (QED) is 0.640. The highest BCUT2D eigenvalue weighted by Crippen LogP contribution is 2.22. The topological polar surface area (TPSA) is 67.8 Å². The van der Waals surface area contributed by atoms with E-state index in [0.29, 0.717) is 11.5 Å². The van der Waals surface area contributed by atoms with Crippen LogP contribution in [-0.4, -0.2) is 20.2 Å². The van der Waals surface area contributed by atoms with E-state index in [1.165, 1.54) is 0 Å². The van der Waals surface area contributed by atoms with Crippen LogP contribution in [0.25, 0.3) is 11.3 Å². The van der Waals surface area contributed by atoms with Gasteiger partial charge >= 0.3 is 0 Å². The van der Waals surface area contributed by atoms with Gasteiger partial charge < -0.3 is 5.32 Å². The third kappa shape index (κ3) is 5.13. The third-order valence-corrected chi connectivity index (χ3v) is 3.54. The number of carbonyl (C=O) groups excluding carboxylic acids is 1. The van der Waals surface area contributed by atoms with Gasteiger partial charge in [0.15, 0.2) is 0 Å². The second-order valence-corrected chi connectivity index (χ2v) is 5.28. The Kier molecular flexibility index (Phi) is 7.77. The monoisotopic (exact) mass is 396 g/mol. The van der Waals surface area contributed by atoms with Crippen molar-refractivity contribution in [3.05, 3.63) is 66.1 Å². The molecule has 8 heteroatoms. The summed E-state index contributed by atoms with van der Waals surface area (Å²) in [4.78, 5) is 24.1. The summed E-state index contributed by atoms with van der Waals surface area (Å²) in [5.74, 6) is 0.439. The van der Waals surface area contributed by atoms with Gasteiger partial charge in [0.25, 0.3) is 5.24 Å². The first-order valence-electron chi connectivity index (χ1n) is 6.94. The molecule has 0 atom stereocenters. The average molecular weight is 398 g/mol. The van der Waals surface area contributed by atoms with E-state index in [-0.39, 0.29) is 24.8 Å². The molecule has 0 amide bonds. The Hall–Kier alpha value is -2.21. The minimum atomic E-state index is -0.502. The zero-order valence-electron chi connectivity index (χ0n) is 13.1. The average Bonchev–Trinajstić information content (AvgIpc) is 2.58. The van der Waals surface area contributed by atoms with Gasteiger partial charge in [-0.3, -0.25) is 9.78 Å². The molecule has 0 unspecified atom stereocenters. The Bertz CT molecular complexity index is 860. The van der Waals surface area contributed by atoms with Crippen LogP contribution in [0.3, 0.4) is 0 Å². The zero-order chi connectivity index (χ0) is 16.2. The van der Waals surface area contributed by atoms with Crippen molar-refractivity contribution in [1.29, 1.82) is 0 Å². The van der Waals surface area contributed by atoms with E-state index in [2.05, 4.69) is 20.3 Å². The van der Waals surface area contributed by atoms with Crippen LogP contribution in [0.2, 0.25) is 0 Å². The van der Waals surface area contributed by atoms with Gasteiger partial charge in [0.2, 0.25) is 5.95 Å². The first kappa shape index (κ1) is 20.8. The molecular formula is C17H15Cl3N4O. The summed E-state index contributed by atoms with van der Waals surface area (Å²) in [6.45, 7) is 1.93. The van der Waals surface area contributed by atoms with E-state index < -0.39 is 5.24 Å². The van der Waals surface area contributed by atoms with Crippen molar-refractivity contribution in [2.24, 2.45) is 0 Å². The van der Waals surface area contributed by atoms with Crippen molar-refractivity contribution < 1.29 is 4.79 Å². The minimum absolute atomic E-state index is 0. The lowest BCUT2D eigenvalue weighted by Gasteiger charge is -2.10. The van der Waals surface area contributed by atoms with Crippen molar-refractivity contribution in [3.8, 4) is 11.3 Å². The number of hydrogen-bond donors (Lipinski definition) is 1. The van der Waals surface area contributed by atoms with E-state index >= 15 is 0 Å². The summed E-state index contributed by atoms with van der Waals surface area (Å²) in [6, 6.07) is 10.8. The van der Waals surface area contributed by atoms with E-state index in [9.17, 15) is 4.79 Å². The summed E-state index contributed by atoms with van der Waals surface area (Å²) < 4.78 is 0. The van der Waals surface area contributed by atoms with Crippen LogP contribution in [-0.2, 0) is 0 Å². The predicted octanol–water partition coefficient (Wildman–Crippen LogP) is 4.81. The van der Waals surface area contributed by atoms with Crippen molar-refractivity contribution in [1.82, 2.24) is 15.0 Å². The van der Waals surface area contributed by atoms with Gasteiger partial charge in [-0.15, -0.1) is 24.8 Å². The molecule has 0 aliphatic rings. The number of hydrogen-bond acceptors (Lipinski definition) is 5. The lowest BCUT2D eigenvalue weighted by Crippen LogP contribution is -2.01. The molecular weight excluding hydrogens is 383 g/mol. The Morgan fingerprint density at radius 3 is 2.60 bits per heavy atom. The number of aryl methyl sites for hydroxylation is 1. The second kappa shape index (κ2) is 9.32. The third-order valence-electron chi connectivity index (χ3n) is 3.32. The molecule has 0 aliphatic heterocycles. The molecule has 1 N–H and O–H groups in total. The van der Waals surface area contributed by atoms with Crippen molar-refractivity contribution in [2.45, 2.75) is 6.92 Å². The molecule has 3 rings (SSSR count). The maximum Gasteiger partial charge on any atom is 0.252 e. The number of nitrogens with one attached hydrogen (secondary N) is 1. The second-order valence-electron chi connectivity index (χ2n) is 4.94. The Morgan fingerprint density at radius 1 is 1.12 bits per heavy atom. The van der Waals surface area contributed by atoms with Gasteiger partial charge in [-0.1, -0.05) is 6.07 Å². The van der Waals surface area contributed by atoms with Crippen molar-refractivity contribution >= 4 is 53.3 Å². The van der Waals surface area contributed by atoms with Crippen molar-refractivity contribution in [2.75, 3.05) is 5.32 Å². The molecule has 2 heterocycles. The lowest BCUT2D eigenvalue weighted by atomic mass is 10.1. The fourth-order valence-corrected chi connectivity index (χ4v) is 2.21. The summed E-state index contributed by atoms with van der Waals surface area (Å²) in [6.07, 6.45) is 5.12. The fraction of sp³-hybridized carbons (Fsp3) is 0.0588. The Morgan fingerprint density at radius 2 is 1.92 bits per heavy atom. The molecule has 0 bridgehead atoms. The van der Waals surface area contributed by atoms with Crippen LogP contribution >= 0.6 is 36.4 Å². The Labute approximate surface area is 162 Å². The summed E-state index contributed by atoms with van der Waals surface area (Å²) in [5.41, 5.74) is 3.78. The number of halogens is 3. The molecule has 2 aromatic heterocycles. The number of aromatic nitrogens is 3. The van der Waals surface area contributed by atoms with Crippen molar-refractivity contribution in [3.63, 3.8) is 0 Å². The van der Waals surface area contributed by atoms with Gasteiger partial charge in [0.1, 0.15) is 0 Å². The van der Waals surface area contributed by atoms with Crippen LogP contribution in [0.15, 0.2) is 55.0 Å². The number of nitrogens with zero attached hydrogens (tertiary/aromatic N) is 3. The van der Waals surface area contributed by atoms with Gasteiger partial charge in [0.05, 0.1) is 5.69 Å². The molecule has 3 aromatic rings. The van der Waals surface area contributed by atoms with Crippen LogP contribution in [0, 0.1) is 6.92 Å². The number of pyridine rings is 1. The van der Waals surface area contributed by atoms with E-state index in [1.54, 1.807) is 30.7 Å². The summed E-state index contributed by atoms with van der Waals surface area (Å²) >= 11 is 5.53. The maximum absolute atomic E-state index is 11.3. The first-order valence-corrected chi connectivity index (χ1v) is 7.32. The fourth-order valence-electron chi connectivity index (χ4n) is 2.09. The van der Waals surface area contributed by atoms with Crippen LogP contribution in [0.5, 0.6) is 0 Å². The number of carbonyl (C=O) groups is 1. The molecule has 0 fully saturated rings. The molecule has 0 aliphatic carbocycles. The van der Waals surface area contributed by atoms with E-state index in [1.807, 2.05) is 31.2 Å². The summed E-state index contributed by atoms with van der Waals surface area (Å²) in [7, 11) is 0. The van der Waals surface area contributed by atoms with Crippen LogP contribution in [0.1, 0.15) is 15.9 Å². The van der Waals surface area contributed by atoms with Gasteiger partial charge in [-0.2, -0.15) is 0 Å². The normalized spacial score (nSPS) is 9.52. The molecule has 25 heavy (non-hydrogen) atoms. The molecule has 5 nitrogen and oxygen atoms in total. The molecule has 0 spiro atoms. The predicted molar refractivity (Wildman–Crippen MR) is 104 cm³/mol. The van der Waals surface area contributed by atoms with E-state index in [0.717, 1.165) is 22.5 Å². The molecule has 130 valence electrons. The highest BCUT2D eigenvalue weighted by Gasteiger charge is 2.08. The van der Waals surface area contributed by atoms with E-state index in [4.69, 9.17) is 11.6 Å². The molecule has 1 aromatic carbocycles.